The molecule has 0 atom stereocenters. The van der Waals surface area contributed by atoms with E-state index < -0.39 is 0 Å². The molecule has 0 spiro atoms. The summed E-state index contributed by atoms with van der Waals surface area (Å²) in [6.07, 6.45) is 9.38. The Labute approximate surface area is 94.5 Å². The summed E-state index contributed by atoms with van der Waals surface area (Å²) < 4.78 is 0. The van der Waals surface area contributed by atoms with E-state index in [2.05, 4.69) is 18.4 Å². The van der Waals surface area contributed by atoms with Crippen LogP contribution in [0.25, 0.3) is 0 Å². The molecule has 0 aromatic rings. The van der Waals surface area contributed by atoms with Gasteiger partial charge >= 0.3 is 0 Å². The molecular formula is C13H26N2. The molecule has 0 bridgehead atoms. The summed E-state index contributed by atoms with van der Waals surface area (Å²) in [4.78, 5) is 2.63. The maximum Gasteiger partial charge on any atom is 0.00965 e. The Morgan fingerprint density at radius 1 is 1.27 bits per heavy atom. The fourth-order valence-corrected chi connectivity index (χ4v) is 2.49. The van der Waals surface area contributed by atoms with E-state index in [1.807, 2.05) is 6.08 Å². The largest absolute Gasteiger partial charge is 0.328 e. The third-order valence-corrected chi connectivity index (χ3v) is 3.39. The first kappa shape index (κ1) is 12.7. The Hall–Kier alpha value is -0.340. The highest BCUT2D eigenvalue weighted by atomic mass is 15.1. The van der Waals surface area contributed by atoms with E-state index in [1.54, 1.807) is 0 Å². The van der Waals surface area contributed by atoms with E-state index in [0.29, 0.717) is 6.04 Å². The fraction of sp³-hybridized carbons (Fsp3) is 0.846. The summed E-state index contributed by atoms with van der Waals surface area (Å²) >= 11 is 0. The number of rotatable bonds is 6. The average molecular weight is 210 g/mol. The van der Waals surface area contributed by atoms with Gasteiger partial charge in [0.05, 0.1) is 0 Å². The predicted molar refractivity (Wildman–Crippen MR) is 66.9 cm³/mol. The van der Waals surface area contributed by atoms with Crippen molar-refractivity contribution in [3.8, 4) is 0 Å². The summed E-state index contributed by atoms with van der Waals surface area (Å²) in [6, 6.07) is 1.24. The van der Waals surface area contributed by atoms with Crippen LogP contribution in [0.1, 0.15) is 45.4 Å². The lowest BCUT2D eigenvalue weighted by molar-refractivity contribution is 0.152. The molecule has 0 aromatic heterocycles. The van der Waals surface area contributed by atoms with E-state index >= 15 is 0 Å². The zero-order valence-electron chi connectivity index (χ0n) is 10.1. The maximum absolute atomic E-state index is 5.94. The molecule has 0 aliphatic heterocycles. The van der Waals surface area contributed by atoms with Crippen molar-refractivity contribution in [3.63, 3.8) is 0 Å². The number of nitrogens with zero attached hydrogens (tertiary/aromatic N) is 1. The number of hydrogen-bond acceptors (Lipinski definition) is 2. The SMILES string of the molecule is C=CCCN(CCC)C1CCC(N)CC1. The highest BCUT2D eigenvalue weighted by Gasteiger charge is 2.22. The van der Waals surface area contributed by atoms with Crippen molar-refractivity contribution in [1.29, 1.82) is 0 Å². The third kappa shape index (κ3) is 4.35. The quantitative estimate of drug-likeness (QED) is 0.683. The van der Waals surface area contributed by atoms with Gasteiger partial charge in [0, 0.05) is 18.6 Å². The highest BCUT2D eigenvalue weighted by molar-refractivity contribution is 4.82. The zero-order valence-corrected chi connectivity index (χ0v) is 10.1. The molecule has 1 saturated carbocycles. The molecule has 1 fully saturated rings. The van der Waals surface area contributed by atoms with Crippen molar-refractivity contribution in [2.24, 2.45) is 5.73 Å². The zero-order chi connectivity index (χ0) is 11.1. The maximum atomic E-state index is 5.94. The van der Waals surface area contributed by atoms with Crippen LogP contribution in [0.3, 0.4) is 0 Å². The summed E-state index contributed by atoms with van der Waals surface area (Å²) in [6.45, 7) is 8.47. The third-order valence-electron chi connectivity index (χ3n) is 3.39. The van der Waals surface area contributed by atoms with E-state index in [4.69, 9.17) is 5.73 Å². The van der Waals surface area contributed by atoms with Crippen molar-refractivity contribution in [2.45, 2.75) is 57.5 Å². The van der Waals surface area contributed by atoms with Crippen LogP contribution < -0.4 is 5.73 Å². The minimum Gasteiger partial charge on any atom is -0.328 e. The normalized spacial score (nSPS) is 26.9. The van der Waals surface area contributed by atoms with Gasteiger partial charge in [-0.15, -0.1) is 6.58 Å². The summed E-state index contributed by atoms with van der Waals surface area (Å²) in [7, 11) is 0. The first-order chi connectivity index (χ1) is 7.27. The molecular weight excluding hydrogens is 184 g/mol. The van der Waals surface area contributed by atoms with Crippen molar-refractivity contribution in [2.75, 3.05) is 13.1 Å². The van der Waals surface area contributed by atoms with Crippen LogP contribution >= 0.6 is 0 Å². The van der Waals surface area contributed by atoms with Gasteiger partial charge in [0.25, 0.3) is 0 Å². The second-order valence-corrected chi connectivity index (χ2v) is 4.68. The molecule has 1 aliphatic rings. The minimum atomic E-state index is 0.462. The molecule has 1 aliphatic carbocycles. The second kappa shape index (κ2) is 7.02. The predicted octanol–water partition coefficient (Wildman–Crippen LogP) is 2.54. The molecule has 15 heavy (non-hydrogen) atoms. The Morgan fingerprint density at radius 2 is 1.93 bits per heavy atom. The molecule has 0 heterocycles. The van der Waals surface area contributed by atoms with Gasteiger partial charge in [-0.2, -0.15) is 0 Å². The Bertz CT molecular complexity index is 171. The molecule has 2 N–H and O–H groups in total. The molecule has 2 nitrogen and oxygen atoms in total. The first-order valence-corrected chi connectivity index (χ1v) is 6.38. The van der Waals surface area contributed by atoms with Gasteiger partial charge in [0.2, 0.25) is 0 Å². The smallest absolute Gasteiger partial charge is 0.00965 e. The number of hydrogen-bond donors (Lipinski definition) is 1. The Balaban J connectivity index is 2.36. The number of nitrogens with two attached hydrogens (primary N) is 1. The van der Waals surface area contributed by atoms with E-state index in [9.17, 15) is 0 Å². The van der Waals surface area contributed by atoms with Gasteiger partial charge in [-0.25, -0.2) is 0 Å². The van der Waals surface area contributed by atoms with Crippen LogP contribution in [-0.2, 0) is 0 Å². The second-order valence-electron chi connectivity index (χ2n) is 4.68. The van der Waals surface area contributed by atoms with Crippen LogP contribution in [-0.4, -0.2) is 30.1 Å². The lowest BCUT2D eigenvalue weighted by Gasteiger charge is -2.35. The van der Waals surface area contributed by atoms with Gasteiger partial charge in [0.1, 0.15) is 0 Å². The molecule has 0 unspecified atom stereocenters. The van der Waals surface area contributed by atoms with E-state index in [0.717, 1.165) is 12.5 Å². The van der Waals surface area contributed by atoms with Crippen LogP contribution in [0.4, 0.5) is 0 Å². The van der Waals surface area contributed by atoms with Gasteiger partial charge in [0.15, 0.2) is 0 Å². The fourth-order valence-electron chi connectivity index (χ4n) is 2.49. The molecule has 2 heteroatoms. The Kier molecular flexibility index (Phi) is 5.96. The highest BCUT2D eigenvalue weighted by Crippen LogP contribution is 2.22. The van der Waals surface area contributed by atoms with Gasteiger partial charge in [-0.3, -0.25) is 0 Å². The van der Waals surface area contributed by atoms with Crippen molar-refractivity contribution in [3.05, 3.63) is 12.7 Å². The lowest BCUT2D eigenvalue weighted by atomic mass is 9.90. The van der Waals surface area contributed by atoms with Gasteiger partial charge in [-0.1, -0.05) is 13.0 Å². The molecule has 0 saturated heterocycles. The van der Waals surface area contributed by atoms with Gasteiger partial charge < -0.3 is 10.6 Å². The standard InChI is InChI=1S/C13H26N2/c1-3-5-11-15(10-4-2)13-8-6-12(14)7-9-13/h3,12-13H,1,4-11,14H2,2H3. The van der Waals surface area contributed by atoms with Crippen LogP contribution in [0.15, 0.2) is 12.7 Å². The van der Waals surface area contributed by atoms with E-state index in [-0.39, 0.29) is 0 Å². The monoisotopic (exact) mass is 210 g/mol. The minimum absolute atomic E-state index is 0.462. The van der Waals surface area contributed by atoms with Crippen LogP contribution in [0, 0.1) is 0 Å². The average Bonchev–Trinajstić information content (AvgIpc) is 2.25. The molecule has 88 valence electrons. The van der Waals surface area contributed by atoms with Crippen LogP contribution in [0.2, 0.25) is 0 Å². The van der Waals surface area contributed by atoms with Crippen molar-refractivity contribution < 1.29 is 0 Å². The summed E-state index contributed by atoms with van der Waals surface area (Å²) in [5, 5.41) is 0. The first-order valence-electron chi connectivity index (χ1n) is 6.38. The summed E-state index contributed by atoms with van der Waals surface area (Å²) in [5.41, 5.74) is 5.94. The summed E-state index contributed by atoms with van der Waals surface area (Å²) in [5.74, 6) is 0. The molecule has 0 aromatic carbocycles. The van der Waals surface area contributed by atoms with Crippen molar-refractivity contribution in [1.82, 2.24) is 4.90 Å². The molecule has 0 amide bonds. The van der Waals surface area contributed by atoms with E-state index in [1.165, 1.54) is 45.2 Å². The Morgan fingerprint density at radius 3 is 2.47 bits per heavy atom. The topological polar surface area (TPSA) is 29.3 Å². The molecule has 1 rings (SSSR count). The van der Waals surface area contributed by atoms with Gasteiger partial charge in [-0.05, 0) is 45.1 Å². The van der Waals surface area contributed by atoms with Crippen LogP contribution in [0.5, 0.6) is 0 Å². The molecule has 0 radical (unpaired) electrons. The lowest BCUT2D eigenvalue weighted by Crippen LogP contribution is -2.41. The van der Waals surface area contributed by atoms with Crippen molar-refractivity contribution >= 4 is 0 Å².